The zero-order chi connectivity index (χ0) is 12.4. The van der Waals surface area contributed by atoms with Crippen molar-refractivity contribution in [1.29, 1.82) is 0 Å². The highest BCUT2D eigenvalue weighted by molar-refractivity contribution is 5.29. The molecule has 0 radical (unpaired) electrons. The van der Waals surface area contributed by atoms with E-state index in [1.165, 1.54) is 12.8 Å². The van der Waals surface area contributed by atoms with Crippen LogP contribution >= 0.6 is 0 Å². The molecule has 2 N–H and O–H groups in total. The normalized spacial score (nSPS) is 18.5. The number of rotatable bonds is 3. The molecule has 2 aromatic rings. The van der Waals surface area contributed by atoms with Crippen molar-refractivity contribution >= 4 is 5.78 Å². The van der Waals surface area contributed by atoms with E-state index in [-0.39, 0.29) is 0 Å². The third-order valence-corrected chi connectivity index (χ3v) is 3.71. The number of piperidine rings is 1. The molecule has 18 heavy (non-hydrogen) atoms. The van der Waals surface area contributed by atoms with E-state index in [1.54, 1.807) is 6.20 Å². The Kier molecular flexibility index (Phi) is 3.25. The van der Waals surface area contributed by atoms with Crippen molar-refractivity contribution in [2.24, 2.45) is 11.7 Å². The molecule has 0 unspecified atom stereocenters. The van der Waals surface area contributed by atoms with Gasteiger partial charge in [-0.25, -0.2) is 9.97 Å². The Morgan fingerprint density at radius 1 is 1.33 bits per heavy atom. The van der Waals surface area contributed by atoms with Gasteiger partial charge in [0.05, 0.1) is 5.69 Å². The highest BCUT2D eigenvalue weighted by Crippen LogP contribution is 2.17. The summed E-state index contributed by atoms with van der Waals surface area (Å²) in [5, 5.41) is 0. The van der Waals surface area contributed by atoms with E-state index >= 15 is 0 Å². The maximum Gasteiger partial charge on any atom is 0.233 e. The van der Waals surface area contributed by atoms with Crippen molar-refractivity contribution in [3.8, 4) is 0 Å². The maximum atomic E-state index is 5.71. The Hall–Kier alpha value is -1.46. The molecule has 0 aromatic carbocycles. The second-order valence-corrected chi connectivity index (χ2v) is 5.01. The Morgan fingerprint density at radius 3 is 2.89 bits per heavy atom. The van der Waals surface area contributed by atoms with Crippen LogP contribution in [0.15, 0.2) is 24.7 Å². The number of nitrogens with zero attached hydrogens (tertiary/aromatic N) is 4. The fourth-order valence-corrected chi connectivity index (χ4v) is 2.57. The second kappa shape index (κ2) is 5.04. The molecule has 1 aliphatic rings. The summed E-state index contributed by atoms with van der Waals surface area (Å²) in [6.45, 7) is 4.00. The standard InChI is InChI=1S/C13H19N5/c14-8-11-2-6-17(7-3-11)9-12-10-18-5-1-4-15-13(18)16-12/h1,4-5,10-11H,2-3,6-9,14H2. The van der Waals surface area contributed by atoms with Crippen LogP contribution in [-0.2, 0) is 6.54 Å². The van der Waals surface area contributed by atoms with E-state index in [0.29, 0.717) is 5.92 Å². The fourth-order valence-electron chi connectivity index (χ4n) is 2.57. The van der Waals surface area contributed by atoms with Gasteiger partial charge in [0.25, 0.3) is 0 Å². The summed E-state index contributed by atoms with van der Waals surface area (Å²) in [7, 11) is 0. The van der Waals surface area contributed by atoms with Gasteiger partial charge in [-0.15, -0.1) is 0 Å². The van der Waals surface area contributed by atoms with E-state index in [0.717, 1.165) is 37.7 Å². The van der Waals surface area contributed by atoms with Crippen molar-refractivity contribution in [3.63, 3.8) is 0 Å². The van der Waals surface area contributed by atoms with Gasteiger partial charge < -0.3 is 5.73 Å². The number of likely N-dealkylation sites (tertiary alicyclic amines) is 1. The molecule has 0 bridgehead atoms. The summed E-state index contributed by atoms with van der Waals surface area (Å²) < 4.78 is 1.97. The second-order valence-electron chi connectivity index (χ2n) is 5.01. The van der Waals surface area contributed by atoms with Crippen molar-refractivity contribution in [3.05, 3.63) is 30.4 Å². The molecule has 0 spiro atoms. The van der Waals surface area contributed by atoms with Gasteiger partial charge in [0.2, 0.25) is 5.78 Å². The van der Waals surface area contributed by atoms with E-state index in [1.807, 2.05) is 16.7 Å². The largest absolute Gasteiger partial charge is 0.330 e. The Morgan fingerprint density at radius 2 is 2.17 bits per heavy atom. The van der Waals surface area contributed by atoms with Gasteiger partial charge >= 0.3 is 0 Å². The number of hydrogen-bond donors (Lipinski definition) is 1. The zero-order valence-corrected chi connectivity index (χ0v) is 10.5. The SMILES string of the molecule is NCC1CCN(Cc2cn3cccnc3n2)CC1. The van der Waals surface area contributed by atoms with Crippen LogP contribution in [-0.4, -0.2) is 38.9 Å². The van der Waals surface area contributed by atoms with Crippen LogP contribution in [0.2, 0.25) is 0 Å². The zero-order valence-electron chi connectivity index (χ0n) is 10.5. The number of nitrogens with two attached hydrogens (primary N) is 1. The first-order chi connectivity index (χ1) is 8.85. The third kappa shape index (κ3) is 2.37. The highest BCUT2D eigenvalue weighted by atomic mass is 15.2. The molecule has 3 rings (SSSR count). The lowest BCUT2D eigenvalue weighted by Gasteiger charge is -2.30. The van der Waals surface area contributed by atoms with Crippen molar-refractivity contribution in [1.82, 2.24) is 19.3 Å². The number of fused-ring (bicyclic) bond motifs is 1. The molecule has 0 aliphatic carbocycles. The molecule has 1 fully saturated rings. The molecule has 5 nitrogen and oxygen atoms in total. The van der Waals surface area contributed by atoms with Crippen LogP contribution in [0, 0.1) is 5.92 Å². The lowest BCUT2D eigenvalue weighted by molar-refractivity contribution is 0.179. The average molecular weight is 245 g/mol. The van der Waals surface area contributed by atoms with Crippen LogP contribution in [0.5, 0.6) is 0 Å². The number of imidazole rings is 1. The molecule has 96 valence electrons. The Balaban J connectivity index is 1.66. The molecule has 5 heteroatoms. The third-order valence-electron chi connectivity index (χ3n) is 3.71. The minimum atomic E-state index is 0.712. The van der Waals surface area contributed by atoms with E-state index in [4.69, 9.17) is 5.73 Å². The van der Waals surface area contributed by atoms with Crippen LogP contribution in [0.25, 0.3) is 5.78 Å². The first-order valence-corrected chi connectivity index (χ1v) is 6.56. The molecule has 0 atom stereocenters. The predicted molar refractivity (Wildman–Crippen MR) is 70.0 cm³/mol. The van der Waals surface area contributed by atoms with E-state index in [2.05, 4.69) is 21.1 Å². The summed E-state index contributed by atoms with van der Waals surface area (Å²) in [5.74, 6) is 1.49. The molecular weight excluding hydrogens is 226 g/mol. The topological polar surface area (TPSA) is 59.5 Å². The van der Waals surface area contributed by atoms with Crippen LogP contribution in [0.4, 0.5) is 0 Å². The summed E-state index contributed by atoms with van der Waals surface area (Å²) >= 11 is 0. The summed E-state index contributed by atoms with van der Waals surface area (Å²) in [6.07, 6.45) is 8.25. The van der Waals surface area contributed by atoms with Crippen molar-refractivity contribution < 1.29 is 0 Å². The van der Waals surface area contributed by atoms with E-state index < -0.39 is 0 Å². The van der Waals surface area contributed by atoms with Gasteiger partial charge in [-0.1, -0.05) is 0 Å². The first-order valence-electron chi connectivity index (χ1n) is 6.56. The number of hydrogen-bond acceptors (Lipinski definition) is 4. The fraction of sp³-hybridized carbons (Fsp3) is 0.538. The van der Waals surface area contributed by atoms with Gasteiger partial charge in [0.15, 0.2) is 0 Å². The van der Waals surface area contributed by atoms with Gasteiger partial charge in [-0.3, -0.25) is 9.30 Å². The van der Waals surface area contributed by atoms with Crippen LogP contribution in [0.3, 0.4) is 0 Å². The van der Waals surface area contributed by atoms with Crippen molar-refractivity contribution in [2.75, 3.05) is 19.6 Å². The highest BCUT2D eigenvalue weighted by Gasteiger charge is 2.18. The minimum absolute atomic E-state index is 0.712. The maximum absolute atomic E-state index is 5.71. The van der Waals surface area contributed by atoms with Gasteiger partial charge in [0.1, 0.15) is 0 Å². The number of aromatic nitrogens is 3. The van der Waals surface area contributed by atoms with Crippen molar-refractivity contribution in [2.45, 2.75) is 19.4 Å². The lowest BCUT2D eigenvalue weighted by atomic mass is 9.97. The first kappa shape index (κ1) is 11.6. The lowest BCUT2D eigenvalue weighted by Crippen LogP contribution is -2.35. The molecular formula is C13H19N5. The molecule has 1 aliphatic heterocycles. The Labute approximate surface area is 107 Å². The minimum Gasteiger partial charge on any atom is -0.330 e. The molecule has 2 aromatic heterocycles. The van der Waals surface area contributed by atoms with Gasteiger partial charge in [-0.2, -0.15) is 0 Å². The quantitative estimate of drug-likeness (QED) is 0.873. The van der Waals surface area contributed by atoms with Crippen LogP contribution < -0.4 is 5.73 Å². The van der Waals surface area contributed by atoms with Gasteiger partial charge in [-0.05, 0) is 44.5 Å². The van der Waals surface area contributed by atoms with Crippen LogP contribution in [0.1, 0.15) is 18.5 Å². The molecule has 0 saturated carbocycles. The molecule has 3 heterocycles. The van der Waals surface area contributed by atoms with Gasteiger partial charge in [0, 0.05) is 25.1 Å². The summed E-state index contributed by atoms with van der Waals surface area (Å²) in [6, 6.07) is 1.92. The summed E-state index contributed by atoms with van der Waals surface area (Å²) in [5.41, 5.74) is 6.81. The predicted octanol–water partition coefficient (Wildman–Crippen LogP) is 0.900. The monoisotopic (exact) mass is 245 g/mol. The van der Waals surface area contributed by atoms with E-state index in [9.17, 15) is 0 Å². The smallest absolute Gasteiger partial charge is 0.233 e. The Bertz CT molecular complexity index is 480. The molecule has 0 amide bonds. The average Bonchev–Trinajstić information content (AvgIpc) is 2.82. The molecule has 1 saturated heterocycles. The summed E-state index contributed by atoms with van der Waals surface area (Å²) in [4.78, 5) is 11.2.